The number of benzene rings is 2. The van der Waals surface area contributed by atoms with Gasteiger partial charge in [0.05, 0.1) is 16.8 Å². The SMILES string of the molecule is Cc1ccc(-c2nnc(C(C)OC(=O)c3ccc(OCc4cscn4)cc3)o2)cc1. The number of nitrogens with zero attached hydrogens (tertiary/aromatic N) is 3. The van der Waals surface area contributed by atoms with E-state index in [0.29, 0.717) is 23.8 Å². The fourth-order valence-electron chi connectivity index (χ4n) is 2.64. The number of esters is 1. The molecule has 0 N–H and O–H groups in total. The van der Waals surface area contributed by atoms with Gasteiger partial charge in [-0.3, -0.25) is 0 Å². The van der Waals surface area contributed by atoms with E-state index < -0.39 is 12.1 Å². The maximum atomic E-state index is 12.4. The molecule has 152 valence electrons. The number of hydrogen-bond acceptors (Lipinski definition) is 8. The lowest BCUT2D eigenvalue weighted by molar-refractivity contribution is 0.0280. The van der Waals surface area contributed by atoms with Crippen LogP contribution >= 0.6 is 11.3 Å². The first kappa shape index (κ1) is 19.8. The monoisotopic (exact) mass is 421 g/mol. The Hall–Kier alpha value is -3.52. The van der Waals surface area contributed by atoms with Crippen LogP contribution in [0, 0.1) is 6.92 Å². The maximum Gasteiger partial charge on any atom is 0.338 e. The highest BCUT2D eigenvalue weighted by Gasteiger charge is 2.20. The van der Waals surface area contributed by atoms with Gasteiger partial charge in [-0.2, -0.15) is 0 Å². The smallest absolute Gasteiger partial charge is 0.338 e. The number of carbonyl (C=O) groups is 1. The Morgan fingerprint density at radius 1 is 1.10 bits per heavy atom. The average Bonchev–Trinajstić information content (AvgIpc) is 3.45. The quantitative estimate of drug-likeness (QED) is 0.388. The Bertz CT molecular complexity index is 1110. The summed E-state index contributed by atoms with van der Waals surface area (Å²) in [5.41, 5.74) is 4.97. The summed E-state index contributed by atoms with van der Waals surface area (Å²) in [4.78, 5) is 16.6. The van der Waals surface area contributed by atoms with E-state index in [1.807, 2.05) is 36.6 Å². The topological polar surface area (TPSA) is 87.3 Å². The molecule has 4 aromatic rings. The molecule has 0 bridgehead atoms. The van der Waals surface area contributed by atoms with E-state index in [2.05, 4.69) is 15.2 Å². The molecule has 8 heteroatoms. The molecule has 1 unspecified atom stereocenters. The third-order valence-corrected chi connectivity index (χ3v) is 4.97. The summed E-state index contributed by atoms with van der Waals surface area (Å²) in [6.45, 7) is 4.07. The van der Waals surface area contributed by atoms with Gasteiger partial charge in [0.25, 0.3) is 5.89 Å². The molecule has 0 aliphatic carbocycles. The first-order valence-corrected chi connectivity index (χ1v) is 10.2. The molecule has 0 fully saturated rings. The van der Waals surface area contributed by atoms with Crippen molar-refractivity contribution >= 4 is 17.3 Å². The first-order chi connectivity index (χ1) is 14.6. The van der Waals surface area contributed by atoms with Crippen LogP contribution in [0.15, 0.2) is 63.8 Å². The number of hydrogen-bond donors (Lipinski definition) is 0. The van der Waals surface area contributed by atoms with Gasteiger partial charge in [-0.15, -0.1) is 21.5 Å². The van der Waals surface area contributed by atoms with E-state index in [1.54, 1.807) is 36.7 Å². The van der Waals surface area contributed by atoms with Crippen LogP contribution in [0.4, 0.5) is 0 Å². The molecule has 0 amide bonds. The summed E-state index contributed by atoms with van der Waals surface area (Å²) in [5, 5.41) is 9.97. The van der Waals surface area contributed by atoms with Crippen molar-refractivity contribution in [3.63, 3.8) is 0 Å². The van der Waals surface area contributed by atoms with E-state index >= 15 is 0 Å². The van der Waals surface area contributed by atoms with Crippen LogP contribution in [0.5, 0.6) is 5.75 Å². The molecule has 4 rings (SSSR count). The van der Waals surface area contributed by atoms with E-state index in [4.69, 9.17) is 13.9 Å². The second-order valence-electron chi connectivity index (χ2n) is 6.65. The Kier molecular flexibility index (Phi) is 5.85. The van der Waals surface area contributed by atoms with E-state index in [-0.39, 0.29) is 5.89 Å². The van der Waals surface area contributed by atoms with Crippen molar-refractivity contribution in [1.29, 1.82) is 0 Å². The van der Waals surface area contributed by atoms with Crippen molar-refractivity contribution in [1.82, 2.24) is 15.2 Å². The number of rotatable bonds is 7. The van der Waals surface area contributed by atoms with Gasteiger partial charge in [-0.25, -0.2) is 9.78 Å². The molecule has 30 heavy (non-hydrogen) atoms. The van der Waals surface area contributed by atoms with Crippen LogP contribution in [0.2, 0.25) is 0 Å². The normalized spacial score (nSPS) is 11.8. The minimum atomic E-state index is -0.676. The van der Waals surface area contributed by atoms with Crippen LogP contribution in [0.25, 0.3) is 11.5 Å². The highest BCUT2D eigenvalue weighted by atomic mass is 32.1. The van der Waals surface area contributed by atoms with Gasteiger partial charge in [-0.1, -0.05) is 17.7 Å². The fourth-order valence-corrected chi connectivity index (χ4v) is 3.19. The zero-order chi connectivity index (χ0) is 20.9. The Morgan fingerprint density at radius 3 is 2.57 bits per heavy atom. The van der Waals surface area contributed by atoms with Gasteiger partial charge in [0.2, 0.25) is 5.89 Å². The number of thiazole rings is 1. The van der Waals surface area contributed by atoms with Gasteiger partial charge in [0.15, 0.2) is 6.10 Å². The van der Waals surface area contributed by atoms with Crippen molar-refractivity contribution in [2.45, 2.75) is 26.6 Å². The zero-order valence-corrected chi connectivity index (χ0v) is 17.3. The van der Waals surface area contributed by atoms with Gasteiger partial charge < -0.3 is 13.9 Å². The fraction of sp³-hybridized carbons (Fsp3) is 0.182. The lowest BCUT2D eigenvalue weighted by atomic mass is 10.1. The summed E-state index contributed by atoms with van der Waals surface area (Å²) in [7, 11) is 0. The largest absolute Gasteiger partial charge is 0.487 e. The second kappa shape index (κ2) is 8.87. The molecule has 0 spiro atoms. The molecule has 0 radical (unpaired) electrons. The summed E-state index contributed by atoms with van der Waals surface area (Å²) in [6, 6.07) is 14.5. The molecular formula is C22H19N3O4S. The van der Waals surface area contributed by atoms with Crippen LogP contribution in [-0.4, -0.2) is 21.2 Å². The van der Waals surface area contributed by atoms with Gasteiger partial charge >= 0.3 is 5.97 Å². The van der Waals surface area contributed by atoms with Crippen molar-refractivity contribution < 1.29 is 18.7 Å². The summed E-state index contributed by atoms with van der Waals surface area (Å²) in [6.07, 6.45) is -0.676. The summed E-state index contributed by atoms with van der Waals surface area (Å²) < 4.78 is 16.8. The molecule has 0 saturated carbocycles. The van der Waals surface area contributed by atoms with E-state index in [9.17, 15) is 4.79 Å². The highest BCUT2D eigenvalue weighted by Crippen LogP contribution is 2.24. The van der Waals surface area contributed by atoms with Crippen molar-refractivity contribution in [2.75, 3.05) is 0 Å². The predicted molar refractivity (Wildman–Crippen MR) is 111 cm³/mol. The van der Waals surface area contributed by atoms with Gasteiger partial charge in [0, 0.05) is 10.9 Å². The zero-order valence-electron chi connectivity index (χ0n) is 16.4. The number of carbonyl (C=O) groups excluding carboxylic acids is 1. The molecular weight excluding hydrogens is 402 g/mol. The first-order valence-electron chi connectivity index (χ1n) is 9.30. The lowest BCUT2D eigenvalue weighted by Gasteiger charge is -2.10. The third-order valence-electron chi connectivity index (χ3n) is 4.33. The molecule has 2 aromatic heterocycles. The van der Waals surface area contributed by atoms with Crippen LogP contribution < -0.4 is 4.74 Å². The minimum absolute atomic E-state index is 0.238. The lowest BCUT2D eigenvalue weighted by Crippen LogP contribution is -2.09. The predicted octanol–water partition coefficient (Wildman–Crippen LogP) is 5.00. The summed E-state index contributed by atoms with van der Waals surface area (Å²) >= 11 is 1.52. The second-order valence-corrected chi connectivity index (χ2v) is 7.37. The van der Waals surface area contributed by atoms with Crippen LogP contribution in [-0.2, 0) is 11.3 Å². The van der Waals surface area contributed by atoms with Crippen LogP contribution in [0.1, 0.15) is 40.5 Å². The minimum Gasteiger partial charge on any atom is -0.487 e. The van der Waals surface area contributed by atoms with E-state index in [0.717, 1.165) is 16.8 Å². The van der Waals surface area contributed by atoms with Gasteiger partial charge in [0.1, 0.15) is 12.4 Å². The number of ether oxygens (including phenoxy) is 2. The van der Waals surface area contributed by atoms with Crippen molar-refractivity contribution in [2.24, 2.45) is 0 Å². The Balaban J connectivity index is 1.35. The Labute approximate surface area is 177 Å². The molecule has 7 nitrogen and oxygen atoms in total. The van der Waals surface area contributed by atoms with Crippen molar-refractivity contribution in [3.8, 4) is 17.2 Å². The summed E-state index contributed by atoms with van der Waals surface area (Å²) in [5.74, 6) is 0.785. The standard InChI is InChI=1S/C22H19N3O4S/c1-14-3-5-16(6-4-14)21-25-24-20(29-21)15(2)28-22(26)17-7-9-19(10-8-17)27-11-18-12-30-13-23-18/h3-10,12-13,15H,11H2,1-2H3. The van der Waals surface area contributed by atoms with Gasteiger partial charge in [-0.05, 0) is 50.2 Å². The molecule has 0 aliphatic rings. The Morgan fingerprint density at radius 2 is 1.87 bits per heavy atom. The van der Waals surface area contributed by atoms with Crippen molar-refractivity contribution in [3.05, 3.63) is 82.1 Å². The number of aromatic nitrogens is 3. The maximum absolute atomic E-state index is 12.4. The average molecular weight is 421 g/mol. The number of aryl methyl sites for hydroxylation is 1. The molecule has 2 aromatic carbocycles. The molecule has 0 aliphatic heterocycles. The molecule has 1 atom stereocenters. The third kappa shape index (κ3) is 4.72. The van der Waals surface area contributed by atoms with Crippen LogP contribution in [0.3, 0.4) is 0 Å². The highest BCUT2D eigenvalue weighted by molar-refractivity contribution is 7.07. The molecule has 2 heterocycles. The molecule has 0 saturated heterocycles. The van der Waals surface area contributed by atoms with E-state index in [1.165, 1.54) is 11.3 Å².